The molecular formula is C9H6INO. The van der Waals surface area contributed by atoms with Crippen LogP contribution in [0.5, 0.6) is 0 Å². The van der Waals surface area contributed by atoms with Gasteiger partial charge in [0, 0.05) is 20.4 Å². The summed E-state index contributed by atoms with van der Waals surface area (Å²) in [5, 5.41) is 13.0. The molecule has 0 N–H and O–H groups in total. The highest BCUT2D eigenvalue weighted by molar-refractivity contribution is 14.1. The molecule has 60 valence electrons. The summed E-state index contributed by atoms with van der Waals surface area (Å²) in [4.78, 5) is 0. The van der Waals surface area contributed by atoms with E-state index in [2.05, 4.69) is 22.6 Å². The molecule has 0 unspecified atom stereocenters. The summed E-state index contributed by atoms with van der Waals surface area (Å²) >= 11 is 2.26. The number of halogens is 1. The van der Waals surface area contributed by atoms with E-state index >= 15 is 0 Å². The average Bonchev–Trinajstić information content (AvgIpc) is 2.04. The van der Waals surface area contributed by atoms with Crippen molar-refractivity contribution in [1.82, 2.24) is 0 Å². The lowest BCUT2D eigenvalue weighted by Gasteiger charge is -1.99. The minimum Gasteiger partial charge on any atom is -0.619 e. The van der Waals surface area contributed by atoms with E-state index in [4.69, 9.17) is 0 Å². The van der Waals surface area contributed by atoms with Crippen molar-refractivity contribution in [2.24, 2.45) is 0 Å². The molecule has 0 spiro atoms. The second-order valence-corrected chi connectivity index (χ2v) is 3.71. The van der Waals surface area contributed by atoms with Gasteiger partial charge in [-0.15, -0.1) is 0 Å². The number of aromatic nitrogens is 1. The van der Waals surface area contributed by atoms with E-state index in [1.165, 1.54) is 9.77 Å². The lowest BCUT2D eigenvalue weighted by atomic mass is 10.2. The molecule has 1 heterocycles. The third-order valence-corrected chi connectivity index (χ3v) is 2.68. The molecule has 0 atom stereocenters. The molecule has 0 amide bonds. The Kier molecular flexibility index (Phi) is 1.88. The number of hydrogen-bond acceptors (Lipinski definition) is 1. The molecule has 0 saturated carbocycles. The first-order valence-corrected chi connectivity index (χ1v) is 4.62. The van der Waals surface area contributed by atoms with Gasteiger partial charge >= 0.3 is 0 Å². The predicted molar refractivity (Wildman–Crippen MR) is 55.6 cm³/mol. The van der Waals surface area contributed by atoms with Crippen molar-refractivity contribution >= 4 is 33.4 Å². The van der Waals surface area contributed by atoms with Crippen LogP contribution in [0.4, 0.5) is 0 Å². The van der Waals surface area contributed by atoms with Gasteiger partial charge in [0.25, 0.3) is 0 Å². The first-order chi connectivity index (χ1) is 5.77. The summed E-state index contributed by atoms with van der Waals surface area (Å²) in [6, 6.07) is 7.75. The van der Waals surface area contributed by atoms with Crippen molar-refractivity contribution < 1.29 is 4.73 Å². The number of nitrogens with zero attached hydrogens (tertiary/aromatic N) is 1. The topological polar surface area (TPSA) is 26.9 Å². The summed E-state index contributed by atoms with van der Waals surface area (Å²) in [5.41, 5.74) is 0. The Balaban J connectivity index is 2.86. The Morgan fingerprint density at radius 3 is 2.92 bits per heavy atom. The SMILES string of the molecule is [O-][n+]1ccc2c(I)cccc2c1. The van der Waals surface area contributed by atoms with E-state index < -0.39 is 0 Å². The van der Waals surface area contributed by atoms with Crippen molar-refractivity contribution in [3.63, 3.8) is 0 Å². The lowest BCUT2D eigenvalue weighted by molar-refractivity contribution is -0.603. The largest absolute Gasteiger partial charge is 0.619 e. The van der Waals surface area contributed by atoms with E-state index in [0.717, 1.165) is 15.5 Å². The third kappa shape index (κ3) is 1.24. The minimum atomic E-state index is 0.818. The Bertz CT molecular complexity index is 428. The van der Waals surface area contributed by atoms with Crippen LogP contribution in [-0.4, -0.2) is 0 Å². The van der Waals surface area contributed by atoms with Gasteiger partial charge in [-0.05, 0) is 34.7 Å². The van der Waals surface area contributed by atoms with Gasteiger partial charge in [0.1, 0.15) is 0 Å². The molecule has 0 bridgehead atoms. The zero-order valence-electron chi connectivity index (χ0n) is 6.20. The zero-order chi connectivity index (χ0) is 8.55. The van der Waals surface area contributed by atoms with Crippen molar-refractivity contribution in [3.8, 4) is 0 Å². The molecule has 3 heteroatoms. The van der Waals surface area contributed by atoms with Crippen LogP contribution in [0.2, 0.25) is 0 Å². The molecule has 0 aliphatic carbocycles. The number of hydrogen-bond donors (Lipinski definition) is 0. The number of fused-ring (bicyclic) bond motifs is 1. The monoisotopic (exact) mass is 271 g/mol. The van der Waals surface area contributed by atoms with E-state index in [-0.39, 0.29) is 0 Å². The van der Waals surface area contributed by atoms with Gasteiger partial charge < -0.3 is 5.21 Å². The number of pyridine rings is 1. The molecule has 1 aromatic heterocycles. The van der Waals surface area contributed by atoms with Crippen molar-refractivity contribution in [2.75, 3.05) is 0 Å². The van der Waals surface area contributed by atoms with E-state index in [1.807, 2.05) is 24.3 Å². The first-order valence-electron chi connectivity index (χ1n) is 3.54. The van der Waals surface area contributed by atoms with Gasteiger partial charge in [0.2, 0.25) is 0 Å². The fraction of sp³-hybridized carbons (Fsp3) is 0. The van der Waals surface area contributed by atoms with Gasteiger partial charge in [-0.1, -0.05) is 6.07 Å². The average molecular weight is 271 g/mol. The molecular weight excluding hydrogens is 265 g/mol. The normalized spacial score (nSPS) is 10.4. The van der Waals surface area contributed by atoms with Crippen LogP contribution in [-0.2, 0) is 0 Å². The second-order valence-electron chi connectivity index (χ2n) is 2.55. The zero-order valence-corrected chi connectivity index (χ0v) is 8.36. The molecule has 0 aliphatic rings. The van der Waals surface area contributed by atoms with E-state index in [9.17, 15) is 5.21 Å². The summed E-state index contributed by atoms with van der Waals surface area (Å²) in [6.45, 7) is 0. The summed E-state index contributed by atoms with van der Waals surface area (Å²) in [5.74, 6) is 0. The van der Waals surface area contributed by atoms with Crippen molar-refractivity contribution in [1.29, 1.82) is 0 Å². The quantitative estimate of drug-likeness (QED) is 0.409. The molecule has 12 heavy (non-hydrogen) atoms. The molecule has 1 aromatic carbocycles. The molecule has 0 saturated heterocycles. The maximum absolute atomic E-state index is 10.9. The van der Waals surface area contributed by atoms with Crippen LogP contribution in [0.15, 0.2) is 36.7 Å². The van der Waals surface area contributed by atoms with Crippen molar-refractivity contribution in [3.05, 3.63) is 45.4 Å². The molecule has 2 aromatic rings. The smallest absolute Gasteiger partial charge is 0.188 e. The molecule has 0 radical (unpaired) electrons. The van der Waals surface area contributed by atoms with E-state index in [1.54, 1.807) is 6.20 Å². The summed E-state index contributed by atoms with van der Waals surface area (Å²) < 4.78 is 1.99. The molecule has 0 aliphatic heterocycles. The maximum atomic E-state index is 10.9. The van der Waals surface area contributed by atoms with Crippen LogP contribution in [0, 0.1) is 8.78 Å². The van der Waals surface area contributed by atoms with Gasteiger partial charge in [0.05, 0.1) is 0 Å². The van der Waals surface area contributed by atoms with Gasteiger partial charge in [0.15, 0.2) is 12.4 Å². The highest BCUT2D eigenvalue weighted by Gasteiger charge is 1.99. The van der Waals surface area contributed by atoms with E-state index in [0.29, 0.717) is 0 Å². The number of rotatable bonds is 0. The van der Waals surface area contributed by atoms with Crippen LogP contribution >= 0.6 is 22.6 Å². The van der Waals surface area contributed by atoms with Crippen LogP contribution in [0.25, 0.3) is 10.8 Å². The first kappa shape index (κ1) is 7.79. The third-order valence-electron chi connectivity index (χ3n) is 1.74. The van der Waals surface area contributed by atoms with Crippen molar-refractivity contribution in [2.45, 2.75) is 0 Å². The Morgan fingerprint density at radius 1 is 1.25 bits per heavy atom. The fourth-order valence-electron chi connectivity index (χ4n) is 1.17. The Hall–Kier alpha value is -0.840. The van der Waals surface area contributed by atoms with Gasteiger partial charge in [-0.2, -0.15) is 4.73 Å². The number of benzene rings is 1. The van der Waals surface area contributed by atoms with Crippen LogP contribution < -0.4 is 4.73 Å². The second kappa shape index (κ2) is 2.90. The minimum absolute atomic E-state index is 0.818. The van der Waals surface area contributed by atoms with Gasteiger partial charge in [-0.25, -0.2) is 0 Å². The molecule has 2 rings (SSSR count). The summed E-state index contributed by atoms with van der Waals surface area (Å²) in [6.07, 6.45) is 3.10. The standard InChI is InChI=1S/C9H6INO/c10-9-3-1-2-7-6-11(12)5-4-8(7)9/h1-6H. The predicted octanol–water partition coefficient (Wildman–Crippen LogP) is 2.08. The summed E-state index contributed by atoms with van der Waals surface area (Å²) in [7, 11) is 0. The highest BCUT2D eigenvalue weighted by atomic mass is 127. The van der Waals surface area contributed by atoms with Crippen LogP contribution in [0.3, 0.4) is 0 Å². The van der Waals surface area contributed by atoms with Crippen LogP contribution in [0.1, 0.15) is 0 Å². The Morgan fingerprint density at radius 2 is 2.08 bits per heavy atom. The lowest BCUT2D eigenvalue weighted by Crippen LogP contribution is -2.23. The maximum Gasteiger partial charge on any atom is 0.188 e. The highest BCUT2D eigenvalue weighted by Crippen LogP contribution is 2.17. The fourth-order valence-corrected chi connectivity index (χ4v) is 1.87. The molecule has 2 nitrogen and oxygen atoms in total. The molecule has 0 fully saturated rings. The Labute approximate surface area is 83.6 Å². The van der Waals surface area contributed by atoms with Gasteiger partial charge in [-0.3, -0.25) is 0 Å².